The molecule has 0 aliphatic carbocycles. The van der Waals surface area contributed by atoms with Crippen molar-refractivity contribution in [3.63, 3.8) is 0 Å². The maximum absolute atomic E-state index is 13.2. The van der Waals surface area contributed by atoms with Crippen molar-refractivity contribution in [2.75, 3.05) is 26.2 Å². The van der Waals surface area contributed by atoms with Gasteiger partial charge in [0.05, 0.1) is 4.47 Å². The molecule has 2 rings (SSSR count). The number of likely N-dealkylation sites (tertiary alicyclic amines) is 1. The molecule has 20 heavy (non-hydrogen) atoms. The van der Waals surface area contributed by atoms with Crippen LogP contribution in [0.4, 0.5) is 4.39 Å². The van der Waals surface area contributed by atoms with Gasteiger partial charge in [-0.1, -0.05) is 13.0 Å². The Kier molecular flexibility index (Phi) is 6.00. The Morgan fingerprint density at radius 3 is 2.70 bits per heavy atom. The SMILES string of the molecule is CCN1CCC(CNC(C)c2ccc(F)c(Br)c2)CC1. The van der Waals surface area contributed by atoms with Crippen LogP contribution < -0.4 is 5.32 Å². The molecule has 1 atom stereocenters. The average Bonchev–Trinajstić information content (AvgIpc) is 2.48. The van der Waals surface area contributed by atoms with Gasteiger partial charge < -0.3 is 10.2 Å². The van der Waals surface area contributed by atoms with E-state index in [0.717, 1.165) is 18.0 Å². The zero-order valence-corrected chi connectivity index (χ0v) is 13.9. The number of hydrogen-bond donors (Lipinski definition) is 1. The Morgan fingerprint density at radius 2 is 2.10 bits per heavy atom. The number of halogens is 2. The zero-order valence-electron chi connectivity index (χ0n) is 12.3. The van der Waals surface area contributed by atoms with Crippen LogP contribution in [0.25, 0.3) is 0 Å². The molecule has 1 N–H and O–H groups in total. The third kappa shape index (κ3) is 4.27. The van der Waals surface area contributed by atoms with E-state index in [-0.39, 0.29) is 11.9 Å². The van der Waals surface area contributed by atoms with Crippen molar-refractivity contribution in [3.8, 4) is 0 Å². The molecule has 2 nitrogen and oxygen atoms in total. The molecule has 0 saturated carbocycles. The summed E-state index contributed by atoms with van der Waals surface area (Å²) in [5, 5.41) is 3.59. The summed E-state index contributed by atoms with van der Waals surface area (Å²) in [5.74, 6) is 0.567. The first kappa shape index (κ1) is 15.9. The topological polar surface area (TPSA) is 15.3 Å². The number of hydrogen-bond acceptors (Lipinski definition) is 2. The monoisotopic (exact) mass is 342 g/mol. The second-order valence-electron chi connectivity index (χ2n) is 5.68. The lowest BCUT2D eigenvalue weighted by Crippen LogP contribution is -2.37. The van der Waals surface area contributed by atoms with Crippen LogP contribution in [0.15, 0.2) is 22.7 Å². The zero-order chi connectivity index (χ0) is 14.5. The first-order valence-corrected chi connectivity index (χ1v) is 8.30. The standard InChI is InChI=1S/C16H24BrFN2/c1-3-20-8-6-13(7-9-20)11-19-12(2)14-4-5-16(18)15(17)10-14/h4-5,10,12-13,19H,3,6-9,11H2,1-2H3. The third-order valence-corrected chi connectivity index (χ3v) is 4.92. The molecule has 0 spiro atoms. The van der Waals surface area contributed by atoms with E-state index in [1.807, 2.05) is 12.1 Å². The highest BCUT2D eigenvalue weighted by atomic mass is 79.9. The van der Waals surface area contributed by atoms with Crippen molar-refractivity contribution >= 4 is 15.9 Å². The van der Waals surface area contributed by atoms with Gasteiger partial charge in [0.2, 0.25) is 0 Å². The van der Waals surface area contributed by atoms with Gasteiger partial charge in [0, 0.05) is 6.04 Å². The van der Waals surface area contributed by atoms with Crippen molar-refractivity contribution in [1.82, 2.24) is 10.2 Å². The van der Waals surface area contributed by atoms with E-state index in [4.69, 9.17) is 0 Å². The third-order valence-electron chi connectivity index (χ3n) is 4.31. The van der Waals surface area contributed by atoms with Gasteiger partial charge in [-0.25, -0.2) is 4.39 Å². The average molecular weight is 343 g/mol. The van der Waals surface area contributed by atoms with Crippen LogP contribution in [0.1, 0.15) is 38.3 Å². The molecule has 1 aliphatic rings. The van der Waals surface area contributed by atoms with Crippen LogP contribution in [-0.4, -0.2) is 31.1 Å². The Labute approximate surface area is 129 Å². The molecule has 1 aromatic rings. The van der Waals surface area contributed by atoms with Crippen molar-refractivity contribution in [2.24, 2.45) is 5.92 Å². The predicted octanol–water partition coefficient (Wildman–Crippen LogP) is 3.97. The van der Waals surface area contributed by atoms with E-state index in [9.17, 15) is 4.39 Å². The predicted molar refractivity (Wildman–Crippen MR) is 85.4 cm³/mol. The van der Waals surface area contributed by atoms with Gasteiger partial charge >= 0.3 is 0 Å². The van der Waals surface area contributed by atoms with E-state index in [0.29, 0.717) is 4.47 Å². The number of rotatable bonds is 5. The fourth-order valence-electron chi connectivity index (χ4n) is 2.75. The van der Waals surface area contributed by atoms with Crippen LogP contribution in [0.3, 0.4) is 0 Å². The normalized spacial score (nSPS) is 19.2. The van der Waals surface area contributed by atoms with Gasteiger partial charge in [0.1, 0.15) is 5.82 Å². The van der Waals surface area contributed by atoms with E-state index in [1.54, 1.807) is 0 Å². The minimum Gasteiger partial charge on any atom is -0.310 e. The highest BCUT2D eigenvalue weighted by Crippen LogP contribution is 2.22. The molecule has 0 amide bonds. The highest BCUT2D eigenvalue weighted by Gasteiger charge is 2.18. The molecule has 1 aliphatic heterocycles. The van der Waals surface area contributed by atoms with Gasteiger partial charge in [-0.15, -0.1) is 0 Å². The summed E-state index contributed by atoms with van der Waals surface area (Å²) >= 11 is 3.25. The maximum atomic E-state index is 13.2. The smallest absolute Gasteiger partial charge is 0.137 e. The number of benzene rings is 1. The molecule has 0 radical (unpaired) electrons. The maximum Gasteiger partial charge on any atom is 0.137 e. The molecule has 0 bridgehead atoms. The Morgan fingerprint density at radius 1 is 1.40 bits per heavy atom. The fraction of sp³-hybridized carbons (Fsp3) is 0.625. The van der Waals surface area contributed by atoms with Crippen LogP contribution in [0.5, 0.6) is 0 Å². The second kappa shape index (κ2) is 7.53. The Bertz CT molecular complexity index is 430. The molecular weight excluding hydrogens is 319 g/mol. The lowest BCUT2D eigenvalue weighted by atomic mass is 9.96. The number of nitrogens with zero attached hydrogens (tertiary/aromatic N) is 1. The summed E-state index contributed by atoms with van der Waals surface area (Å²) in [7, 11) is 0. The molecule has 4 heteroatoms. The molecule has 0 aromatic heterocycles. The van der Waals surface area contributed by atoms with Crippen molar-refractivity contribution in [1.29, 1.82) is 0 Å². The van der Waals surface area contributed by atoms with Gasteiger partial charge in [0.15, 0.2) is 0 Å². The molecule has 1 aromatic carbocycles. The van der Waals surface area contributed by atoms with E-state index >= 15 is 0 Å². The van der Waals surface area contributed by atoms with E-state index in [1.165, 1.54) is 38.5 Å². The van der Waals surface area contributed by atoms with Crippen molar-refractivity contribution < 1.29 is 4.39 Å². The minimum atomic E-state index is -0.201. The van der Waals surface area contributed by atoms with Gasteiger partial charge in [-0.3, -0.25) is 0 Å². The molecular formula is C16H24BrFN2. The van der Waals surface area contributed by atoms with Gasteiger partial charge in [-0.05, 0) is 85.5 Å². The first-order valence-electron chi connectivity index (χ1n) is 7.50. The summed E-state index contributed by atoms with van der Waals surface area (Å²) in [6, 6.07) is 5.51. The summed E-state index contributed by atoms with van der Waals surface area (Å²) in [6.07, 6.45) is 2.56. The minimum absolute atomic E-state index is 0.201. The molecule has 1 saturated heterocycles. The van der Waals surface area contributed by atoms with Gasteiger partial charge in [0.25, 0.3) is 0 Å². The molecule has 1 heterocycles. The summed E-state index contributed by atoms with van der Waals surface area (Å²) in [4.78, 5) is 2.51. The van der Waals surface area contributed by atoms with Crippen molar-refractivity contribution in [2.45, 2.75) is 32.7 Å². The molecule has 1 fully saturated rings. The van der Waals surface area contributed by atoms with Crippen molar-refractivity contribution in [3.05, 3.63) is 34.1 Å². The quantitative estimate of drug-likeness (QED) is 0.870. The number of piperidine rings is 1. The number of nitrogens with one attached hydrogen (secondary N) is 1. The molecule has 1 unspecified atom stereocenters. The van der Waals surface area contributed by atoms with Crippen LogP contribution >= 0.6 is 15.9 Å². The summed E-state index contributed by atoms with van der Waals surface area (Å²) in [6.45, 7) is 9.03. The lowest BCUT2D eigenvalue weighted by Gasteiger charge is -2.31. The fourth-order valence-corrected chi connectivity index (χ4v) is 3.15. The van der Waals surface area contributed by atoms with Crippen LogP contribution in [0, 0.1) is 11.7 Å². The van der Waals surface area contributed by atoms with Gasteiger partial charge in [-0.2, -0.15) is 0 Å². The highest BCUT2D eigenvalue weighted by molar-refractivity contribution is 9.10. The molecule has 112 valence electrons. The lowest BCUT2D eigenvalue weighted by molar-refractivity contribution is 0.188. The second-order valence-corrected chi connectivity index (χ2v) is 6.54. The Balaban J connectivity index is 1.80. The van der Waals surface area contributed by atoms with E-state index in [2.05, 4.69) is 40.0 Å². The van der Waals surface area contributed by atoms with Crippen LogP contribution in [0.2, 0.25) is 0 Å². The van der Waals surface area contributed by atoms with E-state index < -0.39 is 0 Å². The largest absolute Gasteiger partial charge is 0.310 e. The van der Waals surface area contributed by atoms with Crippen LogP contribution in [-0.2, 0) is 0 Å². The Hall–Kier alpha value is -0.450. The first-order chi connectivity index (χ1) is 9.60. The summed E-state index contributed by atoms with van der Waals surface area (Å²) < 4.78 is 13.8. The summed E-state index contributed by atoms with van der Waals surface area (Å²) in [5.41, 5.74) is 1.13.